The van der Waals surface area contributed by atoms with Crippen LogP contribution in [-0.4, -0.2) is 15.0 Å². The molecule has 0 aliphatic rings. The van der Waals surface area contributed by atoms with Gasteiger partial charge in [-0.15, -0.1) is 11.3 Å². The molecule has 3 aromatic rings. The van der Waals surface area contributed by atoms with Gasteiger partial charge >= 0.3 is 0 Å². The normalized spacial score (nSPS) is 12.2. The Balaban J connectivity index is 2.14. The monoisotopic (exact) mass is 300 g/mol. The molecule has 0 aliphatic carbocycles. The summed E-state index contributed by atoms with van der Waals surface area (Å²) in [5.41, 5.74) is 2.34. The molecule has 2 aromatic heterocycles. The summed E-state index contributed by atoms with van der Waals surface area (Å²) < 4.78 is 1.06. The van der Waals surface area contributed by atoms with Gasteiger partial charge in [0, 0.05) is 6.20 Å². The maximum absolute atomic E-state index is 9.49. The lowest BCUT2D eigenvalue weighted by molar-refractivity contribution is 0.914. The molecule has 0 amide bonds. The third-order valence-corrected chi connectivity index (χ3v) is 4.22. The van der Waals surface area contributed by atoms with Gasteiger partial charge < -0.3 is 0 Å². The Labute approximate surface area is 124 Å². The largest absolute Gasteiger partial charge is 0.239 e. The minimum Gasteiger partial charge on any atom is -0.239 e. The predicted molar refractivity (Wildman–Crippen MR) is 78.9 cm³/mol. The van der Waals surface area contributed by atoms with E-state index in [0.717, 1.165) is 20.8 Å². The standard InChI is InChI=1S/C14H9ClN4S/c1-8-7-17-14(15)19-12(8)9(6-16)13-18-10-4-2-3-5-11(10)20-13/h2-5,7,9H,1H3. The van der Waals surface area contributed by atoms with Crippen LogP contribution < -0.4 is 0 Å². The molecule has 0 saturated carbocycles. The quantitative estimate of drug-likeness (QED) is 0.677. The Hall–Kier alpha value is -2.03. The molecule has 98 valence electrons. The third kappa shape index (κ3) is 2.24. The second kappa shape index (κ2) is 5.16. The van der Waals surface area contributed by atoms with E-state index in [9.17, 15) is 5.26 Å². The molecule has 0 aliphatic heterocycles. The van der Waals surface area contributed by atoms with E-state index in [4.69, 9.17) is 11.6 Å². The van der Waals surface area contributed by atoms with Gasteiger partial charge in [0.1, 0.15) is 10.9 Å². The fraction of sp³-hybridized carbons (Fsp3) is 0.143. The Kier molecular flexibility index (Phi) is 3.35. The number of para-hydroxylation sites is 1. The van der Waals surface area contributed by atoms with E-state index in [1.165, 1.54) is 11.3 Å². The van der Waals surface area contributed by atoms with Crippen LogP contribution in [0.15, 0.2) is 30.5 Å². The van der Waals surface area contributed by atoms with Gasteiger partial charge in [0.05, 0.1) is 22.0 Å². The average molecular weight is 301 g/mol. The summed E-state index contributed by atoms with van der Waals surface area (Å²) in [7, 11) is 0. The number of aryl methyl sites for hydroxylation is 1. The van der Waals surface area contributed by atoms with Crippen molar-refractivity contribution in [2.75, 3.05) is 0 Å². The van der Waals surface area contributed by atoms with Crippen molar-refractivity contribution in [2.45, 2.75) is 12.8 Å². The molecule has 20 heavy (non-hydrogen) atoms. The van der Waals surface area contributed by atoms with E-state index in [0.29, 0.717) is 5.69 Å². The highest BCUT2D eigenvalue weighted by Crippen LogP contribution is 2.32. The summed E-state index contributed by atoms with van der Waals surface area (Å²) in [6.45, 7) is 1.86. The van der Waals surface area contributed by atoms with Crippen molar-refractivity contribution in [3.63, 3.8) is 0 Å². The summed E-state index contributed by atoms with van der Waals surface area (Å²) in [5.74, 6) is -0.520. The van der Waals surface area contributed by atoms with Crippen LogP contribution in [0.25, 0.3) is 10.2 Å². The second-order valence-electron chi connectivity index (χ2n) is 4.29. The molecule has 1 aromatic carbocycles. The maximum atomic E-state index is 9.49. The summed E-state index contributed by atoms with van der Waals surface area (Å²) in [6.07, 6.45) is 1.63. The second-order valence-corrected chi connectivity index (χ2v) is 5.69. The Morgan fingerprint density at radius 1 is 1.30 bits per heavy atom. The number of halogens is 1. The first kappa shape index (κ1) is 13.0. The van der Waals surface area contributed by atoms with Crippen molar-refractivity contribution in [1.29, 1.82) is 5.26 Å². The predicted octanol–water partition coefficient (Wildman–Crippen LogP) is 3.70. The summed E-state index contributed by atoms with van der Waals surface area (Å²) in [4.78, 5) is 12.6. The van der Waals surface area contributed by atoms with Gasteiger partial charge in [0.15, 0.2) is 0 Å². The zero-order chi connectivity index (χ0) is 14.1. The van der Waals surface area contributed by atoms with E-state index in [-0.39, 0.29) is 5.28 Å². The van der Waals surface area contributed by atoms with Crippen molar-refractivity contribution in [3.05, 3.63) is 52.0 Å². The fourth-order valence-electron chi connectivity index (χ4n) is 1.97. The SMILES string of the molecule is Cc1cnc(Cl)nc1C(C#N)c1nc2ccccc2s1. The lowest BCUT2D eigenvalue weighted by atomic mass is 10.0. The van der Waals surface area contributed by atoms with Gasteiger partial charge in [-0.1, -0.05) is 12.1 Å². The topological polar surface area (TPSA) is 62.5 Å². The molecule has 1 unspecified atom stereocenters. The van der Waals surface area contributed by atoms with Gasteiger partial charge in [-0.3, -0.25) is 0 Å². The van der Waals surface area contributed by atoms with E-state index in [1.807, 2.05) is 31.2 Å². The van der Waals surface area contributed by atoms with Gasteiger partial charge in [-0.25, -0.2) is 15.0 Å². The number of aromatic nitrogens is 3. The lowest BCUT2D eigenvalue weighted by Gasteiger charge is -2.08. The van der Waals surface area contributed by atoms with Crippen molar-refractivity contribution in [3.8, 4) is 6.07 Å². The number of hydrogen-bond acceptors (Lipinski definition) is 5. The molecule has 6 heteroatoms. The first-order valence-corrected chi connectivity index (χ1v) is 7.12. The molecule has 0 N–H and O–H groups in total. The Bertz CT molecular complexity index is 788. The number of fused-ring (bicyclic) bond motifs is 1. The van der Waals surface area contributed by atoms with E-state index in [2.05, 4.69) is 21.0 Å². The number of nitriles is 1. The molecule has 0 bridgehead atoms. The molecule has 1 atom stereocenters. The van der Waals surface area contributed by atoms with Crippen molar-refractivity contribution in [2.24, 2.45) is 0 Å². The molecule has 0 saturated heterocycles. The van der Waals surface area contributed by atoms with Crippen LogP contribution in [0.1, 0.15) is 22.2 Å². The zero-order valence-electron chi connectivity index (χ0n) is 10.5. The van der Waals surface area contributed by atoms with E-state index in [1.54, 1.807) is 6.20 Å². The minimum atomic E-state index is -0.520. The zero-order valence-corrected chi connectivity index (χ0v) is 12.1. The number of nitrogens with zero attached hydrogens (tertiary/aromatic N) is 4. The highest BCUT2D eigenvalue weighted by molar-refractivity contribution is 7.18. The molecule has 0 spiro atoms. The van der Waals surface area contributed by atoms with Crippen LogP contribution in [-0.2, 0) is 0 Å². The Morgan fingerprint density at radius 3 is 2.85 bits per heavy atom. The van der Waals surface area contributed by atoms with E-state index < -0.39 is 5.92 Å². The average Bonchev–Trinajstić information content (AvgIpc) is 2.87. The summed E-state index contributed by atoms with van der Waals surface area (Å²) >= 11 is 7.34. The highest BCUT2D eigenvalue weighted by atomic mass is 35.5. The first-order valence-electron chi connectivity index (χ1n) is 5.93. The van der Waals surface area contributed by atoms with Gasteiger partial charge in [-0.2, -0.15) is 5.26 Å². The van der Waals surface area contributed by atoms with Crippen LogP contribution in [0.3, 0.4) is 0 Å². The van der Waals surface area contributed by atoms with Gasteiger partial charge in [0.2, 0.25) is 5.28 Å². The van der Waals surface area contributed by atoms with Crippen LogP contribution in [0, 0.1) is 18.3 Å². The number of rotatable bonds is 2. The molecule has 4 nitrogen and oxygen atoms in total. The van der Waals surface area contributed by atoms with Crippen molar-refractivity contribution < 1.29 is 0 Å². The fourth-order valence-corrected chi connectivity index (χ4v) is 3.13. The molecule has 0 fully saturated rings. The minimum absolute atomic E-state index is 0.145. The number of thiazole rings is 1. The number of benzene rings is 1. The van der Waals surface area contributed by atoms with Gasteiger partial charge in [-0.05, 0) is 36.2 Å². The van der Waals surface area contributed by atoms with Crippen LogP contribution in [0.2, 0.25) is 5.28 Å². The van der Waals surface area contributed by atoms with Crippen LogP contribution in [0.4, 0.5) is 0 Å². The van der Waals surface area contributed by atoms with Crippen LogP contribution in [0.5, 0.6) is 0 Å². The third-order valence-electron chi connectivity index (χ3n) is 2.94. The number of hydrogen-bond donors (Lipinski definition) is 0. The smallest absolute Gasteiger partial charge is 0.222 e. The van der Waals surface area contributed by atoms with Gasteiger partial charge in [0.25, 0.3) is 0 Å². The van der Waals surface area contributed by atoms with Crippen LogP contribution >= 0.6 is 22.9 Å². The first-order chi connectivity index (χ1) is 9.69. The summed E-state index contributed by atoms with van der Waals surface area (Å²) in [6, 6.07) is 10.1. The highest BCUT2D eigenvalue weighted by Gasteiger charge is 2.22. The molecular formula is C14H9ClN4S. The molecule has 0 radical (unpaired) electrons. The lowest BCUT2D eigenvalue weighted by Crippen LogP contribution is -2.04. The van der Waals surface area contributed by atoms with Crippen molar-refractivity contribution >= 4 is 33.2 Å². The molecular weight excluding hydrogens is 292 g/mol. The molecule has 3 rings (SSSR count). The summed E-state index contributed by atoms with van der Waals surface area (Å²) in [5, 5.41) is 10.4. The van der Waals surface area contributed by atoms with Crippen molar-refractivity contribution in [1.82, 2.24) is 15.0 Å². The Morgan fingerprint density at radius 2 is 2.10 bits per heavy atom. The maximum Gasteiger partial charge on any atom is 0.222 e. The molecule has 2 heterocycles. The van der Waals surface area contributed by atoms with E-state index >= 15 is 0 Å².